The second-order valence-electron chi connectivity index (χ2n) is 3.12. The molecule has 0 aliphatic heterocycles. The van der Waals surface area contributed by atoms with Gasteiger partial charge in [0.2, 0.25) is 5.91 Å². The van der Waals surface area contributed by atoms with Crippen LogP contribution in [0.1, 0.15) is 26.7 Å². The van der Waals surface area contributed by atoms with E-state index in [-0.39, 0.29) is 11.9 Å². The molecule has 0 aromatic heterocycles. The Labute approximate surface area is 77.3 Å². The summed E-state index contributed by atoms with van der Waals surface area (Å²) in [7, 11) is 0. The van der Waals surface area contributed by atoms with Crippen molar-refractivity contribution in [2.45, 2.75) is 38.8 Å². The van der Waals surface area contributed by atoms with Gasteiger partial charge in [-0.25, -0.2) is 0 Å². The minimum atomic E-state index is -1.00. The highest BCUT2D eigenvalue weighted by atomic mass is 16.4. The number of rotatable bonds is 5. The number of carbonyl (C=O) groups is 2. The summed E-state index contributed by atoms with van der Waals surface area (Å²) in [5, 5.41) is 11.1. The number of nitrogens with two attached hydrogens (primary N) is 1. The molecular formula is C8H16N2O3. The van der Waals surface area contributed by atoms with E-state index in [1.54, 1.807) is 0 Å². The fourth-order valence-corrected chi connectivity index (χ4v) is 0.972. The van der Waals surface area contributed by atoms with Crippen molar-refractivity contribution in [1.82, 2.24) is 5.32 Å². The van der Waals surface area contributed by atoms with E-state index in [0.717, 1.165) is 0 Å². The molecule has 0 rings (SSSR count). The second kappa shape index (κ2) is 5.53. The first-order chi connectivity index (χ1) is 5.93. The lowest BCUT2D eigenvalue weighted by Crippen LogP contribution is -2.35. The highest BCUT2D eigenvalue weighted by molar-refractivity contribution is 5.73. The second-order valence-corrected chi connectivity index (χ2v) is 3.12. The average molecular weight is 188 g/mol. The highest BCUT2D eigenvalue weighted by Crippen LogP contribution is 1.99. The van der Waals surface area contributed by atoms with Gasteiger partial charge in [-0.2, -0.15) is 0 Å². The highest BCUT2D eigenvalue weighted by Gasteiger charge is 2.13. The van der Waals surface area contributed by atoms with E-state index in [1.807, 2.05) is 6.92 Å². The number of nitrogens with one attached hydrogen (secondary N) is 1. The van der Waals surface area contributed by atoms with E-state index < -0.39 is 12.0 Å². The van der Waals surface area contributed by atoms with E-state index in [2.05, 4.69) is 5.32 Å². The number of hydrogen-bond acceptors (Lipinski definition) is 3. The van der Waals surface area contributed by atoms with Gasteiger partial charge < -0.3 is 16.2 Å². The number of carboxylic acid groups (broad SMARTS) is 1. The Morgan fingerprint density at radius 1 is 1.46 bits per heavy atom. The summed E-state index contributed by atoms with van der Waals surface area (Å²) in [6.45, 7) is 3.24. The molecule has 0 aromatic rings. The van der Waals surface area contributed by atoms with Gasteiger partial charge in [-0.05, 0) is 19.8 Å². The van der Waals surface area contributed by atoms with Crippen molar-refractivity contribution in [3.63, 3.8) is 0 Å². The lowest BCUT2D eigenvalue weighted by Gasteiger charge is -2.13. The zero-order chi connectivity index (χ0) is 10.4. The lowest BCUT2D eigenvalue weighted by molar-refractivity contribution is -0.138. The van der Waals surface area contributed by atoms with E-state index in [9.17, 15) is 9.59 Å². The summed E-state index contributed by atoms with van der Waals surface area (Å²) in [5.41, 5.74) is 5.28. The third-order valence-corrected chi connectivity index (χ3v) is 1.68. The first-order valence-electron chi connectivity index (χ1n) is 4.19. The van der Waals surface area contributed by atoms with E-state index in [1.165, 1.54) is 6.92 Å². The van der Waals surface area contributed by atoms with Crippen LogP contribution in [0, 0.1) is 0 Å². The van der Waals surface area contributed by atoms with Crippen molar-refractivity contribution >= 4 is 11.9 Å². The molecule has 0 aromatic carbocycles. The summed E-state index contributed by atoms with van der Waals surface area (Å²) in [6.07, 6.45) is 0.948. The van der Waals surface area contributed by atoms with Crippen molar-refractivity contribution in [2.24, 2.45) is 5.73 Å². The topological polar surface area (TPSA) is 92.4 Å². The summed E-state index contributed by atoms with van der Waals surface area (Å²) in [6, 6.07) is -0.862. The summed E-state index contributed by atoms with van der Waals surface area (Å²) < 4.78 is 0. The van der Waals surface area contributed by atoms with Gasteiger partial charge in [0.05, 0.1) is 0 Å². The van der Waals surface area contributed by atoms with Gasteiger partial charge in [0.25, 0.3) is 0 Å². The lowest BCUT2D eigenvalue weighted by atomic mass is 10.1. The minimum Gasteiger partial charge on any atom is -0.480 e. The van der Waals surface area contributed by atoms with E-state index >= 15 is 0 Å². The molecule has 0 spiro atoms. The van der Waals surface area contributed by atoms with E-state index in [4.69, 9.17) is 10.8 Å². The molecule has 0 radical (unpaired) electrons. The summed E-state index contributed by atoms with van der Waals surface area (Å²) in [4.78, 5) is 20.9. The zero-order valence-corrected chi connectivity index (χ0v) is 7.91. The first kappa shape index (κ1) is 11.9. The Morgan fingerprint density at radius 3 is 2.38 bits per heavy atom. The first-order valence-corrected chi connectivity index (χ1v) is 4.19. The molecule has 5 heteroatoms. The van der Waals surface area contributed by atoms with Gasteiger partial charge >= 0.3 is 5.97 Å². The number of carbonyl (C=O) groups excluding carboxylic acids is 1. The summed E-state index contributed by atoms with van der Waals surface area (Å²) in [5.74, 6) is -1.12. The maximum atomic E-state index is 10.6. The van der Waals surface area contributed by atoms with Crippen molar-refractivity contribution in [3.05, 3.63) is 0 Å². The predicted molar refractivity (Wildman–Crippen MR) is 48.1 cm³/mol. The standard InChI is InChI=1S/C8H16N2O3/c1-5(10-6(2)11)3-4-7(9)8(12)13/h5,7H,3-4,9H2,1-2H3,(H,10,11)(H,12,13). The number of hydrogen-bond donors (Lipinski definition) is 3. The molecule has 0 saturated carbocycles. The third-order valence-electron chi connectivity index (χ3n) is 1.68. The predicted octanol–water partition coefficient (Wildman–Crippen LogP) is -0.297. The maximum Gasteiger partial charge on any atom is 0.320 e. The van der Waals surface area contributed by atoms with Gasteiger partial charge in [-0.3, -0.25) is 9.59 Å². The number of carboxylic acids is 1. The van der Waals surface area contributed by atoms with E-state index in [0.29, 0.717) is 12.8 Å². The monoisotopic (exact) mass is 188 g/mol. The Balaban J connectivity index is 3.63. The van der Waals surface area contributed by atoms with Crippen LogP contribution in [0.25, 0.3) is 0 Å². The molecule has 0 bridgehead atoms. The van der Waals surface area contributed by atoms with Crippen LogP contribution in [-0.2, 0) is 9.59 Å². The fourth-order valence-electron chi connectivity index (χ4n) is 0.972. The molecule has 0 aliphatic carbocycles. The minimum absolute atomic E-state index is 0.0251. The third kappa shape index (κ3) is 6.10. The van der Waals surface area contributed by atoms with Crippen molar-refractivity contribution in [2.75, 3.05) is 0 Å². The van der Waals surface area contributed by atoms with Crippen LogP contribution >= 0.6 is 0 Å². The molecule has 2 unspecified atom stereocenters. The van der Waals surface area contributed by atoms with Crippen LogP contribution in [0.5, 0.6) is 0 Å². The van der Waals surface area contributed by atoms with Crippen LogP contribution in [-0.4, -0.2) is 29.1 Å². The molecule has 2 atom stereocenters. The maximum absolute atomic E-state index is 10.6. The molecule has 4 N–H and O–H groups in total. The molecule has 76 valence electrons. The van der Waals surface area contributed by atoms with Gasteiger partial charge in [0, 0.05) is 13.0 Å². The van der Waals surface area contributed by atoms with Crippen LogP contribution in [0.2, 0.25) is 0 Å². The number of aliphatic carboxylic acids is 1. The van der Waals surface area contributed by atoms with Crippen molar-refractivity contribution in [1.29, 1.82) is 0 Å². The number of amides is 1. The average Bonchev–Trinajstić information content (AvgIpc) is 1.98. The summed E-state index contributed by atoms with van der Waals surface area (Å²) >= 11 is 0. The van der Waals surface area contributed by atoms with Gasteiger partial charge in [0.15, 0.2) is 0 Å². The van der Waals surface area contributed by atoms with Crippen LogP contribution < -0.4 is 11.1 Å². The molecule has 0 fully saturated rings. The van der Waals surface area contributed by atoms with Crippen molar-refractivity contribution < 1.29 is 14.7 Å². The molecule has 0 heterocycles. The Morgan fingerprint density at radius 2 is 2.00 bits per heavy atom. The molecular weight excluding hydrogens is 172 g/mol. The smallest absolute Gasteiger partial charge is 0.320 e. The quantitative estimate of drug-likeness (QED) is 0.552. The Kier molecular flexibility index (Phi) is 5.06. The zero-order valence-electron chi connectivity index (χ0n) is 7.91. The van der Waals surface area contributed by atoms with Crippen LogP contribution in [0.3, 0.4) is 0 Å². The largest absolute Gasteiger partial charge is 0.480 e. The van der Waals surface area contributed by atoms with Gasteiger partial charge in [-0.1, -0.05) is 0 Å². The van der Waals surface area contributed by atoms with Crippen LogP contribution in [0.15, 0.2) is 0 Å². The molecule has 5 nitrogen and oxygen atoms in total. The van der Waals surface area contributed by atoms with Gasteiger partial charge in [0.1, 0.15) is 6.04 Å². The van der Waals surface area contributed by atoms with Crippen LogP contribution in [0.4, 0.5) is 0 Å². The fraction of sp³-hybridized carbons (Fsp3) is 0.750. The molecule has 0 aliphatic rings. The Bertz CT molecular complexity index is 194. The van der Waals surface area contributed by atoms with Crippen molar-refractivity contribution in [3.8, 4) is 0 Å². The SMILES string of the molecule is CC(=O)NC(C)CCC(N)C(=O)O. The molecule has 0 saturated heterocycles. The molecule has 1 amide bonds. The van der Waals surface area contributed by atoms with Gasteiger partial charge in [-0.15, -0.1) is 0 Å². The normalized spacial score (nSPS) is 14.7. The Hall–Kier alpha value is -1.10. The molecule has 13 heavy (non-hydrogen) atoms.